The second-order valence-electron chi connectivity index (χ2n) is 7.16. The van der Waals surface area contributed by atoms with Crippen LogP contribution >= 0.6 is 11.5 Å². The number of hydrogen-bond acceptors (Lipinski definition) is 6. The zero-order valence-corrected chi connectivity index (χ0v) is 17.9. The van der Waals surface area contributed by atoms with E-state index in [1.54, 1.807) is 7.05 Å². The van der Waals surface area contributed by atoms with E-state index in [9.17, 15) is 9.59 Å². The molecule has 0 radical (unpaired) electrons. The Labute approximate surface area is 175 Å². The van der Waals surface area contributed by atoms with Gasteiger partial charge in [-0.15, -0.1) is 0 Å². The number of anilines is 1. The van der Waals surface area contributed by atoms with Gasteiger partial charge < -0.3 is 10.6 Å². The topological polar surface area (TPSA) is 99.2 Å². The molecule has 8 nitrogen and oxygen atoms in total. The van der Waals surface area contributed by atoms with Crippen LogP contribution in [0, 0.1) is 6.92 Å². The second kappa shape index (κ2) is 9.80. The normalized spacial score (nSPS) is 15.1. The third kappa shape index (κ3) is 5.51. The molecule has 3 rings (SSSR count). The van der Waals surface area contributed by atoms with E-state index in [4.69, 9.17) is 0 Å². The first kappa shape index (κ1) is 21.2. The van der Waals surface area contributed by atoms with Crippen molar-refractivity contribution >= 4 is 29.3 Å². The van der Waals surface area contributed by atoms with Gasteiger partial charge in [0.25, 0.3) is 5.91 Å². The molecular formula is C20H28N6O2S. The van der Waals surface area contributed by atoms with Crippen molar-refractivity contribution in [1.29, 1.82) is 0 Å². The van der Waals surface area contributed by atoms with Crippen LogP contribution in [-0.4, -0.2) is 52.9 Å². The molecule has 2 aromatic rings. The molecule has 0 atom stereocenters. The third-order valence-corrected chi connectivity index (χ3v) is 5.90. The monoisotopic (exact) mass is 416 g/mol. The Morgan fingerprint density at radius 1 is 1.28 bits per heavy atom. The lowest BCUT2D eigenvalue weighted by Crippen LogP contribution is -2.32. The minimum Gasteiger partial charge on any atom is -0.354 e. The number of likely N-dealkylation sites (tertiary alicyclic amines) is 1. The Hall–Kier alpha value is -2.52. The van der Waals surface area contributed by atoms with Crippen LogP contribution in [0.3, 0.4) is 0 Å². The van der Waals surface area contributed by atoms with E-state index in [-0.39, 0.29) is 11.9 Å². The molecule has 0 bridgehead atoms. The van der Waals surface area contributed by atoms with Gasteiger partial charge in [0.2, 0.25) is 0 Å². The summed E-state index contributed by atoms with van der Waals surface area (Å²) in [7, 11) is 1.62. The highest BCUT2D eigenvalue weighted by Gasteiger charge is 2.23. The first-order valence-corrected chi connectivity index (χ1v) is 10.7. The van der Waals surface area contributed by atoms with Gasteiger partial charge in [-0.2, -0.15) is 4.37 Å². The highest BCUT2D eigenvalue weighted by Crippen LogP contribution is 2.30. The fourth-order valence-corrected chi connectivity index (χ4v) is 4.37. The van der Waals surface area contributed by atoms with Gasteiger partial charge in [-0.3, -0.25) is 15.0 Å². The van der Waals surface area contributed by atoms with Crippen molar-refractivity contribution in [2.24, 2.45) is 0 Å². The third-order valence-electron chi connectivity index (χ3n) is 5.13. The van der Waals surface area contributed by atoms with Crippen molar-refractivity contribution in [3.63, 3.8) is 0 Å². The molecule has 29 heavy (non-hydrogen) atoms. The van der Waals surface area contributed by atoms with E-state index in [1.807, 2.05) is 26.0 Å². The smallest absolute Gasteiger partial charge is 0.320 e. The van der Waals surface area contributed by atoms with Crippen LogP contribution in [0.15, 0.2) is 18.2 Å². The zero-order chi connectivity index (χ0) is 20.8. The van der Waals surface area contributed by atoms with Gasteiger partial charge in [0, 0.05) is 30.7 Å². The van der Waals surface area contributed by atoms with Crippen LogP contribution in [0.1, 0.15) is 52.3 Å². The summed E-state index contributed by atoms with van der Waals surface area (Å²) < 4.78 is 4.31. The molecule has 3 heterocycles. The maximum Gasteiger partial charge on any atom is 0.320 e. The van der Waals surface area contributed by atoms with E-state index in [1.165, 1.54) is 17.1 Å². The van der Waals surface area contributed by atoms with Crippen LogP contribution in [0.2, 0.25) is 0 Å². The van der Waals surface area contributed by atoms with Crippen molar-refractivity contribution in [2.45, 2.75) is 39.2 Å². The number of piperidine rings is 1. The number of nitrogens with zero attached hydrogens (tertiary/aromatic N) is 3. The Kier molecular flexibility index (Phi) is 7.16. The van der Waals surface area contributed by atoms with E-state index < -0.39 is 0 Å². The average Bonchev–Trinajstić information content (AvgIpc) is 3.14. The van der Waals surface area contributed by atoms with E-state index in [0.29, 0.717) is 24.0 Å². The summed E-state index contributed by atoms with van der Waals surface area (Å²) in [6.07, 6.45) is 2.12. The summed E-state index contributed by atoms with van der Waals surface area (Å²) in [5, 5.41) is 8.06. The molecule has 0 aliphatic carbocycles. The van der Waals surface area contributed by atoms with E-state index >= 15 is 0 Å². The highest BCUT2D eigenvalue weighted by molar-refractivity contribution is 7.06. The van der Waals surface area contributed by atoms with Gasteiger partial charge in [-0.1, -0.05) is 6.07 Å². The minimum atomic E-state index is -0.225. The number of amides is 3. The zero-order valence-electron chi connectivity index (χ0n) is 17.1. The molecule has 1 aliphatic heterocycles. The number of aryl methyl sites for hydroxylation is 1. The maximum atomic E-state index is 11.8. The first-order chi connectivity index (χ1) is 14.0. The molecule has 0 saturated carbocycles. The molecule has 3 N–H and O–H groups in total. The predicted molar refractivity (Wildman–Crippen MR) is 114 cm³/mol. The van der Waals surface area contributed by atoms with Gasteiger partial charge in [0.05, 0.1) is 0 Å². The summed E-state index contributed by atoms with van der Waals surface area (Å²) in [6.45, 7) is 7.28. The molecule has 0 aromatic carbocycles. The van der Waals surface area contributed by atoms with Gasteiger partial charge >= 0.3 is 6.03 Å². The lowest BCUT2D eigenvalue weighted by atomic mass is 9.88. The number of rotatable bonds is 6. The molecule has 3 amide bonds. The molecule has 0 spiro atoms. The molecule has 1 saturated heterocycles. The summed E-state index contributed by atoms with van der Waals surface area (Å²) in [6, 6.07) is 5.58. The van der Waals surface area contributed by atoms with E-state index in [0.717, 1.165) is 43.0 Å². The largest absolute Gasteiger partial charge is 0.354 e. The Morgan fingerprint density at radius 2 is 2.03 bits per heavy atom. The quantitative estimate of drug-likeness (QED) is 0.672. The minimum absolute atomic E-state index is 0.153. The highest BCUT2D eigenvalue weighted by atomic mass is 32.1. The van der Waals surface area contributed by atoms with Crippen molar-refractivity contribution in [1.82, 2.24) is 24.9 Å². The Bertz CT molecular complexity index is 860. The fraction of sp³-hybridized carbons (Fsp3) is 0.500. The number of nitrogens with one attached hydrogen (secondary N) is 3. The van der Waals surface area contributed by atoms with Crippen LogP contribution < -0.4 is 16.0 Å². The van der Waals surface area contributed by atoms with Crippen LogP contribution in [0.5, 0.6) is 0 Å². The van der Waals surface area contributed by atoms with Crippen LogP contribution in [-0.2, 0) is 6.54 Å². The number of carbonyl (C=O) groups excluding carboxylic acids is 2. The first-order valence-electron chi connectivity index (χ1n) is 9.92. The van der Waals surface area contributed by atoms with Crippen LogP contribution in [0.4, 0.5) is 10.6 Å². The molecule has 0 unspecified atom stereocenters. The molecular weight excluding hydrogens is 388 g/mol. The number of pyridine rings is 1. The number of aromatic nitrogens is 2. The van der Waals surface area contributed by atoms with Gasteiger partial charge in [-0.25, -0.2) is 9.78 Å². The fourth-order valence-electron chi connectivity index (χ4n) is 3.65. The maximum absolute atomic E-state index is 11.8. The summed E-state index contributed by atoms with van der Waals surface area (Å²) in [5.74, 6) is 0.915. The molecule has 1 fully saturated rings. The van der Waals surface area contributed by atoms with Gasteiger partial charge in [0.15, 0.2) is 0 Å². The van der Waals surface area contributed by atoms with Gasteiger partial charge in [-0.05, 0) is 74.9 Å². The van der Waals surface area contributed by atoms with Crippen LogP contribution in [0.25, 0.3) is 0 Å². The van der Waals surface area contributed by atoms with E-state index in [2.05, 4.69) is 36.3 Å². The average molecular weight is 417 g/mol. The predicted octanol–water partition coefficient (Wildman–Crippen LogP) is 2.73. The number of hydrogen-bond donors (Lipinski definition) is 3. The van der Waals surface area contributed by atoms with Crippen molar-refractivity contribution < 1.29 is 9.59 Å². The number of carbonyl (C=O) groups is 2. The van der Waals surface area contributed by atoms with Crippen molar-refractivity contribution in [3.8, 4) is 0 Å². The summed E-state index contributed by atoms with van der Waals surface area (Å²) >= 11 is 1.43. The second-order valence-corrected chi connectivity index (χ2v) is 8.05. The lowest BCUT2D eigenvalue weighted by molar-refractivity contribution is 0.0958. The molecule has 2 aromatic heterocycles. The molecule has 9 heteroatoms. The Balaban J connectivity index is 1.53. The van der Waals surface area contributed by atoms with Crippen molar-refractivity contribution in [3.05, 3.63) is 40.0 Å². The Morgan fingerprint density at radius 3 is 2.69 bits per heavy atom. The SMILES string of the molecule is CCNC(=O)Nc1cc(CN2CCC(c3ccc(C(=O)NC)nc3C)CC2)sn1. The standard InChI is InChI=1S/C20H28N6O2S/c1-4-22-20(28)24-18-11-15(29-25-18)12-26-9-7-14(8-10-26)16-5-6-17(19(27)21-3)23-13(16)2/h5-6,11,14H,4,7-10,12H2,1-3H3,(H,21,27)(H2,22,24,25,28). The number of urea groups is 1. The molecule has 1 aliphatic rings. The van der Waals surface area contributed by atoms with Crippen molar-refractivity contribution in [2.75, 3.05) is 32.0 Å². The van der Waals surface area contributed by atoms with Gasteiger partial charge in [0.1, 0.15) is 11.5 Å². The molecule has 156 valence electrons. The lowest BCUT2D eigenvalue weighted by Gasteiger charge is -2.32. The summed E-state index contributed by atoms with van der Waals surface area (Å²) in [4.78, 5) is 31.4. The summed E-state index contributed by atoms with van der Waals surface area (Å²) in [5.41, 5.74) is 2.64.